The first-order valence-electron chi connectivity index (χ1n) is 6.84. The fourth-order valence-corrected chi connectivity index (χ4v) is 2.65. The highest BCUT2D eigenvalue weighted by molar-refractivity contribution is 6.06. The van der Waals surface area contributed by atoms with Crippen LogP contribution in [0.1, 0.15) is 0 Å². The van der Waals surface area contributed by atoms with Crippen LogP contribution in [0.3, 0.4) is 0 Å². The maximum atomic E-state index is 4.73. The fourth-order valence-electron chi connectivity index (χ4n) is 2.65. The van der Waals surface area contributed by atoms with Crippen LogP contribution in [0.2, 0.25) is 0 Å². The number of hydrogen-bond acceptors (Lipinski definition) is 3. The van der Waals surface area contributed by atoms with Gasteiger partial charge < -0.3 is 9.88 Å². The number of fused-ring (bicyclic) bond motifs is 3. The number of rotatable bonds is 2. The maximum Gasteiger partial charge on any atom is 0.143 e. The van der Waals surface area contributed by atoms with Gasteiger partial charge in [0.2, 0.25) is 0 Å². The van der Waals surface area contributed by atoms with E-state index >= 15 is 0 Å². The summed E-state index contributed by atoms with van der Waals surface area (Å²) in [4.78, 5) is 8.94. The molecular formula is C17H14N4. The Balaban J connectivity index is 1.86. The summed E-state index contributed by atoms with van der Waals surface area (Å²) in [6, 6.07) is 16.2. The Labute approximate surface area is 122 Å². The topological polar surface area (TPSA) is 42.7 Å². The van der Waals surface area contributed by atoms with E-state index < -0.39 is 0 Å². The highest BCUT2D eigenvalue weighted by Crippen LogP contribution is 2.27. The van der Waals surface area contributed by atoms with Crippen LogP contribution >= 0.6 is 0 Å². The highest BCUT2D eigenvalue weighted by atomic mass is 15.1. The van der Waals surface area contributed by atoms with Gasteiger partial charge >= 0.3 is 0 Å². The number of para-hydroxylation sites is 1. The number of pyridine rings is 2. The van der Waals surface area contributed by atoms with Crippen molar-refractivity contribution in [1.82, 2.24) is 14.5 Å². The monoisotopic (exact) mass is 274 g/mol. The Morgan fingerprint density at radius 3 is 2.67 bits per heavy atom. The molecule has 4 aromatic rings. The number of nitrogens with one attached hydrogen (secondary N) is 1. The van der Waals surface area contributed by atoms with Crippen molar-refractivity contribution in [2.24, 2.45) is 7.05 Å². The van der Waals surface area contributed by atoms with Crippen molar-refractivity contribution in [2.45, 2.75) is 0 Å². The lowest BCUT2D eigenvalue weighted by molar-refractivity contribution is 0.989. The van der Waals surface area contributed by atoms with Gasteiger partial charge in [0.25, 0.3) is 0 Å². The summed E-state index contributed by atoms with van der Waals surface area (Å²) >= 11 is 0. The van der Waals surface area contributed by atoms with E-state index in [1.165, 1.54) is 0 Å². The van der Waals surface area contributed by atoms with Crippen LogP contribution in [0.5, 0.6) is 0 Å². The fraction of sp³-hybridized carbons (Fsp3) is 0.0588. The quantitative estimate of drug-likeness (QED) is 0.603. The van der Waals surface area contributed by atoms with Crippen molar-refractivity contribution < 1.29 is 0 Å². The van der Waals surface area contributed by atoms with E-state index in [0.717, 1.165) is 33.4 Å². The average Bonchev–Trinajstić information content (AvgIpc) is 2.82. The molecule has 0 atom stereocenters. The number of benzene rings is 1. The van der Waals surface area contributed by atoms with E-state index in [1.54, 1.807) is 0 Å². The van der Waals surface area contributed by atoms with E-state index in [4.69, 9.17) is 4.98 Å². The molecule has 4 nitrogen and oxygen atoms in total. The number of aryl methyl sites for hydroxylation is 1. The van der Waals surface area contributed by atoms with Gasteiger partial charge in [-0.15, -0.1) is 0 Å². The van der Waals surface area contributed by atoms with Crippen molar-refractivity contribution in [1.29, 1.82) is 0 Å². The van der Waals surface area contributed by atoms with Gasteiger partial charge in [0.1, 0.15) is 11.5 Å². The lowest BCUT2D eigenvalue weighted by atomic mass is 10.2. The Morgan fingerprint density at radius 2 is 1.81 bits per heavy atom. The number of anilines is 2. The first kappa shape index (κ1) is 11.9. The molecule has 4 heteroatoms. The molecule has 21 heavy (non-hydrogen) atoms. The summed E-state index contributed by atoms with van der Waals surface area (Å²) in [6.07, 6.45) is 3.70. The van der Waals surface area contributed by atoms with Crippen LogP contribution in [-0.4, -0.2) is 14.5 Å². The predicted molar refractivity (Wildman–Crippen MR) is 85.7 cm³/mol. The molecule has 1 aromatic carbocycles. The molecule has 3 aromatic heterocycles. The largest absolute Gasteiger partial charge is 0.340 e. The smallest absolute Gasteiger partial charge is 0.143 e. The zero-order chi connectivity index (χ0) is 14.2. The lowest BCUT2D eigenvalue weighted by Crippen LogP contribution is -1.95. The normalized spacial score (nSPS) is 11.1. The Bertz CT molecular complexity index is 925. The van der Waals surface area contributed by atoms with E-state index in [2.05, 4.69) is 20.9 Å². The SMILES string of the molecule is Cn1c2ccncc2c2ccc(Nc3ccccc3)nc21. The minimum atomic E-state index is 0.840. The average molecular weight is 274 g/mol. The van der Waals surface area contributed by atoms with E-state index in [-0.39, 0.29) is 0 Å². The molecular weight excluding hydrogens is 260 g/mol. The van der Waals surface area contributed by atoms with Gasteiger partial charge in [-0.1, -0.05) is 18.2 Å². The van der Waals surface area contributed by atoms with Gasteiger partial charge in [-0.3, -0.25) is 4.98 Å². The Hall–Kier alpha value is -2.88. The maximum absolute atomic E-state index is 4.73. The van der Waals surface area contributed by atoms with Crippen molar-refractivity contribution in [3.05, 3.63) is 60.9 Å². The first-order chi connectivity index (χ1) is 10.3. The third kappa shape index (κ3) is 1.92. The molecule has 0 aliphatic heterocycles. The minimum absolute atomic E-state index is 0.840. The molecule has 1 N–H and O–H groups in total. The molecule has 3 heterocycles. The van der Waals surface area contributed by atoms with Crippen LogP contribution in [0, 0.1) is 0 Å². The summed E-state index contributed by atoms with van der Waals surface area (Å²) in [6.45, 7) is 0. The van der Waals surface area contributed by atoms with Crippen molar-refractivity contribution in [3.63, 3.8) is 0 Å². The molecule has 0 spiro atoms. The van der Waals surface area contributed by atoms with E-state index in [1.807, 2.05) is 61.9 Å². The summed E-state index contributed by atoms with van der Waals surface area (Å²) in [5.41, 5.74) is 3.13. The first-order valence-corrected chi connectivity index (χ1v) is 6.84. The molecule has 0 aliphatic carbocycles. The van der Waals surface area contributed by atoms with Gasteiger partial charge in [-0.05, 0) is 30.3 Å². The van der Waals surface area contributed by atoms with E-state index in [0.29, 0.717) is 0 Å². The number of nitrogens with zero attached hydrogens (tertiary/aromatic N) is 3. The highest BCUT2D eigenvalue weighted by Gasteiger charge is 2.09. The van der Waals surface area contributed by atoms with Gasteiger partial charge in [-0.2, -0.15) is 0 Å². The predicted octanol–water partition coefficient (Wildman–Crippen LogP) is 3.87. The zero-order valence-electron chi connectivity index (χ0n) is 11.6. The second-order valence-corrected chi connectivity index (χ2v) is 5.01. The zero-order valence-corrected chi connectivity index (χ0v) is 11.6. The van der Waals surface area contributed by atoms with Gasteiger partial charge in [-0.25, -0.2) is 4.98 Å². The molecule has 102 valence electrons. The van der Waals surface area contributed by atoms with Gasteiger partial charge in [0.05, 0.1) is 5.52 Å². The molecule has 0 aliphatic rings. The molecule has 0 bridgehead atoms. The van der Waals surface area contributed by atoms with Crippen LogP contribution in [0.15, 0.2) is 60.9 Å². The molecule has 0 saturated heterocycles. The van der Waals surface area contributed by atoms with Crippen molar-refractivity contribution >= 4 is 33.4 Å². The molecule has 0 fully saturated rings. The van der Waals surface area contributed by atoms with E-state index in [9.17, 15) is 0 Å². The Morgan fingerprint density at radius 1 is 0.952 bits per heavy atom. The summed E-state index contributed by atoms with van der Waals surface area (Å²) in [7, 11) is 2.03. The minimum Gasteiger partial charge on any atom is -0.340 e. The lowest BCUT2D eigenvalue weighted by Gasteiger charge is -2.05. The van der Waals surface area contributed by atoms with Gasteiger partial charge in [0.15, 0.2) is 0 Å². The Kier molecular flexibility index (Phi) is 2.60. The third-order valence-corrected chi connectivity index (χ3v) is 3.69. The second-order valence-electron chi connectivity index (χ2n) is 5.01. The summed E-state index contributed by atoms with van der Waals surface area (Å²) in [5.74, 6) is 0.840. The van der Waals surface area contributed by atoms with Crippen LogP contribution in [0.4, 0.5) is 11.5 Å². The van der Waals surface area contributed by atoms with Crippen molar-refractivity contribution in [3.8, 4) is 0 Å². The molecule has 0 unspecified atom stereocenters. The third-order valence-electron chi connectivity index (χ3n) is 3.69. The molecule has 0 radical (unpaired) electrons. The molecule has 0 saturated carbocycles. The summed E-state index contributed by atoms with van der Waals surface area (Å²) in [5, 5.41) is 5.58. The van der Waals surface area contributed by atoms with Crippen LogP contribution in [0.25, 0.3) is 21.9 Å². The van der Waals surface area contributed by atoms with Crippen LogP contribution < -0.4 is 5.32 Å². The number of aromatic nitrogens is 3. The molecule has 0 amide bonds. The standard InChI is InChI=1S/C17H14N4/c1-21-15-9-10-18-11-14(15)13-7-8-16(20-17(13)21)19-12-5-3-2-4-6-12/h2-11H,1H3,(H,19,20). The van der Waals surface area contributed by atoms with Crippen molar-refractivity contribution in [2.75, 3.05) is 5.32 Å². The molecule has 4 rings (SSSR count). The van der Waals surface area contributed by atoms with Gasteiger partial charge in [0, 0.05) is 35.9 Å². The van der Waals surface area contributed by atoms with Crippen LogP contribution in [-0.2, 0) is 7.05 Å². The number of hydrogen-bond donors (Lipinski definition) is 1. The second kappa shape index (κ2) is 4.59. The summed E-state index contributed by atoms with van der Waals surface area (Å²) < 4.78 is 2.10.